The Bertz CT molecular complexity index is 730. The van der Waals surface area contributed by atoms with Crippen molar-refractivity contribution in [2.75, 3.05) is 11.9 Å². The minimum atomic E-state index is -4.96. The van der Waals surface area contributed by atoms with Gasteiger partial charge in [-0.3, -0.25) is 0 Å². The summed E-state index contributed by atoms with van der Waals surface area (Å²) in [5.74, 6) is -1.71. The van der Waals surface area contributed by atoms with Gasteiger partial charge in [0.2, 0.25) is 10.0 Å². The average Bonchev–Trinajstić information content (AvgIpc) is 2.55. The number of sulfonamides is 1. The van der Waals surface area contributed by atoms with E-state index >= 15 is 0 Å². The predicted octanol–water partition coefficient (Wildman–Crippen LogP) is 4.02. The first-order valence-electron chi connectivity index (χ1n) is 8.76. The zero-order valence-corrected chi connectivity index (χ0v) is 16.0. The van der Waals surface area contributed by atoms with E-state index in [1.165, 1.54) is 6.07 Å². The van der Waals surface area contributed by atoms with Crippen LogP contribution in [0.4, 0.5) is 23.2 Å². The predicted molar refractivity (Wildman–Crippen MR) is 94.5 cm³/mol. The van der Waals surface area contributed by atoms with E-state index < -0.39 is 33.2 Å². The topological polar surface area (TPSA) is 67.4 Å². The van der Waals surface area contributed by atoms with Crippen molar-refractivity contribution >= 4 is 15.7 Å². The highest BCUT2D eigenvalue weighted by Crippen LogP contribution is 2.29. The fourth-order valence-corrected chi connectivity index (χ4v) is 3.90. The van der Waals surface area contributed by atoms with Gasteiger partial charge < -0.3 is 10.1 Å². The molecule has 1 saturated carbocycles. The van der Waals surface area contributed by atoms with Crippen molar-refractivity contribution in [3.05, 3.63) is 24.0 Å². The van der Waals surface area contributed by atoms with E-state index in [4.69, 9.17) is 0 Å². The fourth-order valence-electron chi connectivity index (χ4n) is 2.93. The molecule has 1 aliphatic rings. The van der Waals surface area contributed by atoms with Crippen molar-refractivity contribution in [2.45, 2.75) is 57.2 Å². The summed E-state index contributed by atoms with van der Waals surface area (Å²) in [5.41, 5.74) is 0.332. The molecule has 5 nitrogen and oxygen atoms in total. The van der Waals surface area contributed by atoms with E-state index in [1.807, 2.05) is 0 Å². The molecular weight excluding hydrogens is 388 g/mol. The standard InChI is InChI=1S/C17H24F4N2O3S/c1-11(2)27(24,25)23-13-5-3-12(4-6-13)10-22-14-7-8-15(18)16(9-14)26-17(19,20)21/h7-9,11-13,22-23H,3-6,10H2,1-2H3. The van der Waals surface area contributed by atoms with Crippen LogP contribution in [-0.2, 0) is 10.0 Å². The van der Waals surface area contributed by atoms with Gasteiger partial charge in [-0.05, 0) is 57.6 Å². The van der Waals surface area contributed by atoms with E-state index in [0.717, 1.165) is 25.0 Å². The number of hydrogen-bond acceptors (Lipinski definition) is 4. The van der Waals surface area contributed by atoms with Crippen molar-refractivity contribution in [1.82, 2.24) is 4.72 Å². The molecule has 2 rings (SSSR count). The summed E-state index contributed by atoms with van der Waals surface area (Å²) in [5, 5.41) is 2.51. The van der Waals surface area contributed by atoms with Crippen LogP contribution in [0, 0.1) is 11.7 Å². The minimum Gasteiger partial charge on any atom is -0.403 e. The lowest BCUT2D eigenvalue weighted by atomic mass is 9.86. The monoisotopic (exact) mass is 412 g/mol. The van der Waals surface area contributed by atoms with E-state index in [-0.39, 0.29) is 12.0 Å². The number of ether oxygens (including phenoxy) is 1. The lowest BCUT2D eigenvalue weighted by molar-refractivity contribution is -0.275. The second kappa shape index (κ2) is 8.64. The molecule has 0 heterocycles. The van der Waals surface area contributed by atoms with E-state index in [1.54, 1.807) is 13.8 Å². The Balaban J connectivity index is 1.84. The van der Waals surface area contributed by atoms with Gasteiger partial charge in [0.25, 0.3) is 0 Å². The van der Waals surface area contributed by atoms with Gasteiger partial charge in [0.1, 0.15) is 0 Å². The number of anilines is 1. The SMILES string of the molecule is CC(C)S(=O)(=O)NC1CCC(CNc2ccc(F)c(OC(F)(F)F)c2)CC1. The highest BCUT2D eigenvalue weighted by atomic mass is 32.2. The molecule has 0 amide bonds. The molecule has 10 heteroatoms. The Morgan fingerprint density at radius 3 is 2.37 bits per heavy atom. The van der Waals surface area contributed by atoms with Crippen LogP contribution in [0.2, 0.25) is 0 Å². The Morgan fingerprint density at radius 1 is 1.19 bits per heavy atom. The van der Waals surface area contributed by atoms with Crippen molar-refractivity contribution in [3.8, 4) is 5.75 Å². The molecule has 0 unspecified atom stereocenters. The summed E-state index contributed by atoms with van der Waals surface area (Å²) < 4.78 is 80.4. The molecule has 1 aliphatic carbocycles. The van der Waals surface area contributed by atoms with Crippen molar-refractivity contribution in [1.29, 1.82) is 0 Å². The number of nitrogens with one attached hydrogen (secondary N) is 2. The third-order valence-corrected chi connectivity index (χ3v) is 6.45. The summed E-state index contributed by atoms with van der Waals surface area (Å²) in [6, 6.07) is 3.15. The largest absolute Gasteiger partial charge is 0.573 e. The van der Waals surface area contributed by atoms with Gasteiger partial charge in [0.15, 0.2) is 11.6 Å². The first-order valence-corrected chi connectivity index (χ1v) is 10.3. The van der Waals surface area contributed by atoms with Gasteiger partial charge in [-0.2, -0.15) is 0 Å². The van der Waals surface area contributed by atoms with E-state index in [9.17, 15) is 26.0 Å². The van der Waals surface area contributed by atoms with Gasteiger partial charge in [0, 0.05) is 24.3 Å². The molecule has 1 aromatic rings. The van der Waals surface area contributed by atoms with Crippen LogP contribution in [0.3, 0.4) is 0 Å². The maximum Gasteiger partial charge on any atom is 0.573 e. The minimum absolute atomic E-state index is 0.0914. The molecule has 2 N–H and O–H groups in total. The second-order valence-electron chi connectivity index (χ2n) is 7.00. The van der Waals surface area contributed by atoms with Crippen LogP contribution in [0.1, 0.15) is 39.5 Å². The summed E-state index contributed by atoms with van der Waals surface area (Å²) >= 11 is 0. The number of alkyl halides is 3. The van der Waals surface area contributed by atoms with Crippen LogP contribution < -0.4 is 14.8 Å². The molecule has 0 spiro atoms. The van der Waals surface area contributed by atoms with Gasteiger partial charge >= 0.3 is 6.36 Å². The third kappa shape index (κ3) is 6.84. The molecule has 0 saturated heterocycles. The smallest absolute Gasteiger partial charge is 0.403 e. The molecule has 154 valence electrons. The Hall–Kier alpha value is -1.55. The number of benzene rings is 1. The highest BCUT2D eigenvalue weighted by molar-refractivity contribution is 7.90. The molecule has 27 heavy (non-hydrogen) atoms. The van der Waals surface area contributed by atoms with Crippen molar-refractivity contribution < 1.29 is 30.7 Å². The van der Waals surface area contributed by atoms with Crippen LogP contribution >= 0.6 is 0 Å². The second-order valence-corrected chi connectivity index (χ2v) is 9.27. The van der Waals surface area contributed by atoms with Crippen LogP contribution in [-0.4, -0.2) is 32.6 Å². The summed E-state index contributed by atoms with van der Waals surface area (Å²) in [6.07, 6.45) is -1.99. The molecule has 0 radical (unpaired) electrons. The van der Waals surface area contributed by atoms with Gasteiger partial charge in [-0.1, -0.05) is 0 Å². The third-order valence-electron chi connectivity index (χ3n) is 4.55. The van der Waals surface area contributed by atoms with Crippen molar-refractivity contribution in [2.24, 2.45) is 5.92 Å². The van der Waals surface area contributed by atoms with Crippen LogP contribution in [0.5, 0.6) is 5.75 Å². The van der Waals surface area contributed by atoms with Gasteiger partial charge in [0.05, 0.1) is 5.25 Å². The summed E-state index contributed by atoms with van der Waals surface area (Å²) in [4.78, 5) is 0. The first-order chi connectivity index (χ1) is 12.5. The number of halogens is 4. The Labute approximate surface area is 156 Å². The first kappa shape index (κ1) is 21.7. The molecule has 0 bridgehead atoms. The lowest BCUT2D eigenvalue weighted by Gasteiger charge is -2.29. The van der Waals surface area contributed by atoms with Gasteiger partial charge in [-0.25, -0.2) is 17.5 Å². The molecule has 1 fully saturated rings. The zero-order chi connectivity index (χ0) is 20.2. The van der Waals surface area contributed by atoms with Crippen LogP contribution in [0.15, 0.2) is 18.2 Å². The van der Waals surface area contributed by atoms with Gasteiger partial charge in [-0.15, -0.1) is 13.2 Å². The molecular formula is C17H24F4N2O3S. The Kier molecular flexibility index (Phi) is 6.96. The van der Waals surface area contributed by atoms with Crippen LogP contribution in [0.25, 0.3) is 0 Å². The average molecular weight is 412 g/mol. The normalized spacial score (nSPS) is 21.3. The highest BCUT2D eigenvalue weighted by Gasteiger charge is 2.32. The fraction of sp³-hybridized carbons (Fsp3) is 0.647. The number of rotatable bonds is 7. The maximum atomic E-state index is 13.4. The molecule has 1 aromatic carbocycles. The lowest BCUT2D eigenvalue weighted by Crippen LogP contribution is -2.41. The summed E-state index contributed by atoms with van der Waals surface area (Å²) in [7, 11) is -3.30. The number of hydrogen-bond donors (Lipinski definition) is 2. The maximum absolute atomic E-state index is 13.4. The van der Waals surface area contributed by atoms with Crippen molar-refractivity contribution in [3.63, 3.8) is 0 Å². The molecule has 0 aliphatic heterocycles. The van der Waals surface area contributed by atoms with E-state index in [2.05, 4.69) is 14.8 Å². The zero-order valence-electron chi connectivity index (χ0n) is 15.1. The molecule has 0 atom stereocenters. The Morgan fingerprint density at radius 2 is 1.81 bits per heavy atom. The summed E-state index contributed by atoms with van der Waals surface area (Å²) in [6.45, 7) is 3.75. The quantitative estimate of drug-likeness (QED) is 0.664. The van der Waals surface area contributed by atoms with E-state index in [0.29, 0.717) is 25.1 Å². The molecule has 0 aromatic heterocycles.